The third kappa shape index (κ3) is 18.1. The predicted octanol–water partition coefficient (Wildman–Crippen LogP) is 14.1. The van der Waals surface area contributed by atoms with E-state index in [9.17, 15) is 4.79 Å². The van der Waals surface area contributed by atoms with Crippen molar-refractivity contribution in [3.63, 3.8) is 0 Å². The fourth-order valence-electron chi connectivity index (χ4n) is 13.2. The number of benzene rings is 9. The van der Waals surface area contributed by atoms with E-state index in [1.165, 1.54) is 5.06 Å². The topological polar surface area (TPSA) is 150 Å². The second-order valence-corrected chi connectivity index (χ2v) is 25.1. The van der Waals surface area contributed by atoms with Crippen molar-refractivity contribution in [2.45, 2.75) is 152 Å². The van der Waals surface area contributed by atoms with E-state index < -0.39 is 97.8 Å². The molecule has 3 saturated heterocycles. The van der Waals surface area contributed by atoms with Crippen molar-refractivity contribution in [1.82, 2.24) is 5.06 Å². The lowest BCUT2D eigenvalue weighted by molar-refractivity contribution is -0.380. The van der Waals surface area contributed by atoms with Gasteiger partial charge in [-0.3, -0.25) is 4.84 Å². The van der Waals surface area contributed by atoms with E-state index in [4.69, 9.17) is 66.4 Å². The minimum absolute atomic E-state index is 0.0117. The van der Waals surface area contributed by atoms with Crippen LogP contribution in [-0.4, -0.2) is 110 Å². The molecule has 0 unspecified atom stereocenters. The summed E-state index contributed by atoms with van der Waals surface area (Å²) in [6.45, 7) is 3.63. The van der Waals surface area contributed by atoms with Crippen molar-refractivity contribution in [2.24, 2.45) is 5.92 Å². The summed E-state index contributed by atoms with van der Waals surface area (Å²) in [6.07, 6.45) is -12.5. The van der Waals surface area contributed by atoms with Gasteiger partial charge in [-0.25, -0.2) is 4.79 Å². The Balaban J connectivity index is 0.902. The van der Waals surface area contributed by atoms with Crippen molar-refractivity contribution < 1.29 is 71.2 Å². The highest BCUT2D eigenvalue weighted by Crippen LogP contribution is 2.45. The molecule has 0 aromatic heterocycles. The average molecular weight is 1320 g/mol. The number of carbonyl (C=O) groups is 1. The zero-order chi connectivity index (χ0) is 66.5. The largest absolute Gasteiger partial charge is 0.443 e. The first-order chi connectivity index (χ1) is 48.4. The number of ether oxygens (including phenoxy) is 13. The van der Waals surface area contributed by atoms with Crippen molar-refractivity contribution >= 4 is 6.09 Å². The Morgan fingerprint density at radius 2 is 0.633 bits per heavy atom. The molecular weight excluding hydrogens is 1240 g/mol. The average Bonchev–Trinajstić information content (AvgIpc) is 1.55. The second-order valence-electron chi connectivity index (χ2n) is 25.1. The normalized spacial score (nSPS) is 26.0. The smallest absolute Gasteiger partial charge is 0.434 e. The van der Waals surface area contributed by atoms with Gasteiger partial charge >= 0.3 is 6.09 Å². The molecule has 0 N–H and O–H groups in total. The lowest BCUT2D eigenvalue weighted by Crippen LogP contribution is -2.66. The number of nitrogens with zero attached hydrogens (tertiary/aromatic N) is 1. The molecule has 3 heterocycles. The lowest BCUT2D eigenvalue weighted by atomic mass is 9.95. The van der Waals surface area contributed by atoms with Crippen LogP contribution >= 0.6 is 0 Å². The van der Waals surface area contributed by atoms with Crippen LogP contribution in [0.15, 0.2) is 273 Å². The van der Waals surface area contributed by atoms with E-state index in [0.717, 1.165) is 50.1 Å². The Bertz CT molecular complexity index is 3750. The van der Waals surface area contributed by atoms with Gasteiger partial charge in [-0.05, 0) is 57.0 Å². The third-order valence-electron chi connectivity index (χ3n) is 18.2. The molecule has 1 amide bonds. The minimum Gasteiger partial charge on any atom is -0.443 e. The molecule has 9 aromatic carbocycles. The van der Waals surface area contributed by atoms with Gasteiger partial charge in [0.15, 0.2) is 12.6 Å². The fourth-order valence-corrected chi connectivity index (χ4v) is 13.2. The summed E-state index contributed by atoms with van der Waals surface area (Å²) in [6, 6.07) is 88.7. The SMILES string of the molecule is C[C@H]1O[C@H](O[C@H]2[C@H](OCc3ccccc3)[C@@H](OCc3ccccc3)[C@@H](O[C@@H]3[C@H]4CON(C(=O)OCc5ccccc5)[C@H]4[C@H](OCc4ccccc4)[C@@H]3OCc3ccccc3)O[C@@H]2COCc2ccccc2)[C@H](OCc2ccccc2)[C@@H](OCc2ccccc2)[C@@H]1OCc1ccccc1. The van der Waals surface area contributed by atoms with Crippen LogP contribution in [0, 0.1) is 5.92 Å². The molecule has 508 valence electrons. The Kier molecular flexibility index (Phi) is 24.4. The highest BCUT2D eigenvalue weighted by Gasteiger charge is 2.63. The second kappa shape index (κ2) is 35.0. The lowest BCUT2D eigenvalue weighted by Gasteiger charge is -2.50. The minimum atomic E-state index is -1.24. The van der Waals surface area contributed by atoms with Crippen LogP contribution in [-0.2, 0) is 126 Å². The van der Waals surface area contributed by atoms with Gasteiger partial charge in [-0.2, -0.15) is 5.06 Å². The van der Waals surface area contributed by atoms with Crippen LogP contribution in [0.3, 0.4) is 0 Å². The maximum atomic E-state index is 14.6. The predicted molar refractivity (Wildman–Crippen MR) is 366 cm³/mol. The summed E-state index contributed by atoms with van der Waals surface area (Å²) in [7, 11) is 0. The van der Waals surface area contributed by atoms with Crippen LogP contribution in [0.1, 0.15) is 57.0 Å². The van der Waals surface area contributed by atoms with E-state index in [-0.39, 0.29) is 66.1 Å². The van der Waals surface area contributed by atoms with Gasteiger partial charge in [-0.15, -0.1) is 0 Å². The number of hydrogen-bond acceptors (Lipinski definition) is 15. The molecule has 0 spiro atoms. The summed E-state index contributed by atoms with van der Waals surface area (Å²) in [4.78, 5) is 21.1. The summed E-state index contributed by atoms with van der Waals surface area (Å²) < 4.78 is 93.2. The maximum Gasteiger partial charge on any atom is 0.434 e. The molecule has 1 aliphatic carbocycles. The van der Waals surface area contributed by atoms with Crippen LogP contribution in [0.25, 0.3) is 0 Å². The first-order valence-electron chi connectivity index (χ1n) is 33.9. The molecular formula is C82H85NO15. The molecule has 0 radical (unpaired) electrons. The summed E-state index contributed by atoms with van der Waals surface area (Å²) >= 11 is 0. The molecule has 16 nitrogen and oxygen atoms in total. The van der Waals surface area contributed by atoms with Crippen LogP contribution < -0.4 is 0 Å². The highest BCUT2D eigenvalue weighted by molar-refractivity contribution is 5.67. The monoisotopic (exact) mass is 1320 g/mol. The Morgan fingerprint density at radius 3 is 1.02 bits per heavy atom. The molecule has 15 atom stereocenters. The van der Waals surface area contributed by atoms with Gasteiger partial charge in [0.1, 0.15) is 61.5 Å². The Labute approximate surface area is 574 Å². The van der Waals surface area contributed by atoms with Crippen LogP contribution in [0.4, 0.5) is 4.79 Å². The molecule has 4 aliphatic rings. The van der Waals surface area contributed by atoms with Gasteiger partial charge in [0.05, 0.1) is 84.3 Å². The van der Waals surface area contributed by atoms with Crippen molar-refractivity contribution in [3.05, 3.63) is 323 Å². The number of rotatable bonds is 31. The van der Waals surface area contributed by atoms with E-state index in [1.807, 2.05) is 280 Å². The van der Waals surface area contributed by atoms with Crippen LogP contribution in [0.2, 0.25) is 0 Å². The van der Waals surface area contributed by atoms with Gasteiger partial charge in [0, 0.05) is 5.92 Å². The quantitative estimate of drug-likeness (QED) is 0.0405. The molecule has 98 heavy (non-hydrogen) atoms. The number of hydrogen-bond donors (Lipinski definition) is 0. The third-order valence-corrected chi connectivity index (χ3v) is 18.2. The van der Waals surface area contributed by atoms with E-state index in [0.29, 0.717) is 6.61 Å². The molecule has 4 fully saturated rings. The molecule has 9 aromatic rings. The number of carbonyl (C=O) groups excluding carboxylic acids is 1. The molecule has 13 rings (SSSR count). The number of amides is 1. The summed E-state index contributed by atoms with van der Waals surface area (Å²) in [5.74, 6) is -0.561. The Hall–Kier alpha value is -8.27. The van der Waals surface area contributed by atoms with Crippen molar-refractivity contribution in [2.75, 3.05) is 13.2 Å². The first-order valence-corrected chi connectivity index (χ1v) is 33.9. The number of hydroxylamine groups is 2. The van der Waals surface area contributed by atoms with E-state index >= 15 is 0 Å². The fraction of sp³-hybridized carbons (Fsp3) is 0.329. The summed E-state index contributed by atoms with van der Waals surface area (Å²) in [5, 5.41) is 1.31. The van der Waals surface area contributed by atoms with Gasteiger partial charge in [0.25, 0.3) is 0 Å². The number of fused-ring (bicyclic) bond motifs is 1. The summed E-state index contributed by atoms with van der Waals surface area (Å²) in [5.41, 5.74) is 8.33. The maximum absolute atomic E-state index is 14.6. The van der Waals surface area contributed by atoms with Gasteiger partial charge < -0.3 is 61.6 Å². The molecule has 3 aliphatic heterocycles. The standard InChI is InChI=1S/C82H85NO15/c1-58-71(86-48-60-31-13-3-14-32-60)75(88-50-62-35-17-5-18-36-62)78(91-53-65-41-23-8-24-42-65)80(95-58)98-73-69(57-85-47-59-29-11-2-12-30-59)96-81(79(92-54-66-43-25-9-26-44-66)77(73)90-52-64-39-21-7-22-40-64)97-72-68-56-94-83(82(84)93-55-67-45-27-10-28-46-67)70(68)74(87-49-61-33-15-4-16-34-61)76(72)89-51-63-37-19-6-20-38-63/h2-46,58,68-81H,47-57H2,1H3/t58-,68+,69-,70-,71-,72-,73-,74+,75+,76-,77+,78-,79-,80-,81-/m1/s1. The van der Waals surface area contributed by atoms with Crippen molar-refractivity contribution in [3.8, 4) is 0 Å². The first kappa shape index (κ1) is 68.3. The zero-order valence-corrected chi connectivity index (χ0v) is 55.0. The Morgan fingerprint density at radius 1 is 0.337 bits per heavy atom. The molecule has 1 saturated carbocycles. The van der Waals surface area contributed by atoms with Crippen molar-refractivity contribution in [1.29, 1.82) is 0 Å². The molecule has 16 heteroatoms. The molecule has 0 bridgehead atoms. The highest BCUT2D eigenvalue weighted by atomic mass is 16.8. The van der Waals surface area contributed by atoms with E-state index in [1.54, 1.807) is 0 Å². The van der Waals surface area contributed by atoms with Gasteiger partial charge in [-0.1, -0.05) is 273 Å². The van der Waals surface area contributed by atoms with E-state index in [2.05, 4.69) is 0 Å². The van der Waals surface area contributed by atoms with Crippen LogP contribution in [0.5, 0.6) is 0 Å². The van der Waals surface area contributed by atoms with Gasteiger partial charge in [0.2, 0.25) is 0 Å². The zero-order valence-electron chi connectivity index (χ0n) is 55.0.